The first kappa shape index (κ1) is 18.0. The van der Waals surface area contributed by atoms with Gasteiger partial charge in [-0.3, -0.25) is 14.4 Å². The van der Waals surface area contributed by atoms with E-state index in [1.807, 2.05) is 0 Å². The molecule has 136 valence electrons. The largest absolute Gasteiger partial charge is 0.355 e. The number of aromatic nitrogens is 1. The van der Waals surface area contributed by atoms with Crippen LogP contribution in [0.3, 0.4) is 0 Å². The number of ketones is 1. The molecule has 2 atom stereocenters. The summed E-state index contributed by atoms with van der Waals surface area (Å²) in [7, 11) is 1.42. The molecule has 0 aliphatic heterocycles. The molecule has 1 N–H and O–H groups in total. The molecule has 26 heavy (non-hydrogen) atoms. The smallest absolute Gasteiger partial charge is 0.263 e. The number of rotatable bonds is 6. The van der Waals surface area contributed by atoms with Crippen molar-refractivity contribution in [3.8, 4) is 0 Å². The van der Waals surface area contributed by atoms with E-state index in [0.29, 0.717) is 29.4 Å². The van der Waals surface area contributed by atoms with Crippen LogP contribution in [0.4, 0.5) is 4.39 Å². The maximum Gasteiger partial charge on any atom is 0.263 e. The Morgan fingerprint density at radius 1 is 1.31 bits per heavy atom. The molecule has 0 bridgehead atoms. The third-order valence-corrected chi connectivity index (χ3v) is 4.90. The van der Waals surface area contributed by atoms with Gasteiger partial charge in [0.2, 0.25) is 0 Å². The van der Waals surface area contributed by atoms with Crippen LogP contribution in [0.15, 0.2) is 41.3 Å². The summed E-state index contributed by atoms with van der Waals surface area (Å²) in [5, 5.41) is 2.41. The Kier molecular flexibility index (Phi) is 5.02. The van der Waals surface area contributed by atoms with Gasteiger partial charge in [0.25, 0.3) is 11.5 Å². The number of carbonyl (C=O) groups excluding carboxylic acids is 2. The lowest BCUT2D eigenvalue weighted by molar-refractivity contribution is 0.0961. The fourth-order valence-electron chi connectivity index (χ4n) is 3.05. The summed E-state index contributed by atoms with van der Waals surface area (Å²) >= 11 is 0. The molecule has 0 saturated heterocycles. The van der Waals surface area contributed by atoms with Crippen molar-refractivity contribution in [1.29, 1.82) is 0 Å². The van der Waals surface area contributed by atoms with E-state index in [1.54, 1.807) is 18.2 Å². The lowest BCUT2D eigenvalue weighted by Crippen LogP contribution is -2.32. The minimum absolute atomic E-state index is 0.0452. The van der Waals surface area contributed by atoms with Gasteiger partial charge >= 0.3 is 0 Å². The Bertz CT molecular complexity index is 920. The molecule has 2 aromatic rings. The third kappa shape index (κ3) is 3.74. The molecule has 0 radical (unpaired) electrons. The van der Waals surface area contributed by atoms with Gasteiger partial charge in [-0.2, -0.15) is 0 Å². The van der Waals surface area contributed by atoms with Crippen molar-refractivity contribution in [3.63, 3.8) is 0 Å². The zero-order chi connectivity index (χ0) is 18.8. The second kappa shape index (κ2) is 7.23. The second-order valence-corrected chi connectivity index (χ2v) is 6.85. The van der Waals surface area contributed by atoms with Gasteiger partial charge < -0.3 is 9.88 Å². The highest BCUT2D eigenvalue weighted by Crippen LogP contribution is 2.41. The van der Waals surface area contributed by atoms with Crippen LogP contribution in [-0.4, -0.2) is 23.3 Å². The zero-order valence-corrected chi connectivity index (χ0v) is 14.8. The Hall–Kier alpha value is -2.76. The number of carbonyl (C=O) groups is 2. The highest BCUT2D eigenvalue weighted by Gasteiger charge is 2.34. The van der Waals surface area contributed by atoms with E-state index >= 15 is 0 Å². The molecule has 0 spiro atoms. The maximum absolute atomic E-state index is 14.0. The number of amides is 1. The fraction of sp³-hybridized carbons (Fsp3) is 0.350. The van der Waals surface area contributed by atoms with E-state index in [2.05, 4.69) is 12.2 Å². The SMILES string of the molecule is CNC(=O)c1cc(C(=O)C[C@H]2C[C@@H]2C)cn(Cc2ccccc2F)c1=O. The summed E-state index contributed by atoms with van der Waals surface area (Å²) in [6, 6.07) is 7.46. The average Bonchev–Trinajstić information content (AvgIpc) is 3.32. The molecule has 1 aliphatic carbocycles. The highest BCUT2D eigenvalue weighted by molar-refractivity contribution is 6.00. The van der Waals surface area contributed by atoms with Crippen LogP contribution in [0.25, 0.3) is 0 Å². The normalized spacial score (nSPS) is 18.4. The summed E-state index contributed by atoms with van der Waals surface area (Å²) in [5.74, 6) is -0.220. The number of pyridine rings is 1. The average molecular weight is 356 g/mol. The first-order valence-corrected chi connectivity index (χ1v) is 8.64. The third-order valence-electron chi connectivity index (χ3n) is 4.90. The van der Waals surface area contributed by atoms with Crippen molar-refractivity contribution in [3.05, 3.63) is 69.4 Å². The van der Waals surface area contributed by atoms with Crippen LogP contribution < -0.4 is 10.9 Å². The number of benzene rings is 1. The molecule has 1 heterocycles. The number of hydrogen-bond donors (Lipinski definition) is 1. The summed E-state index contributed by atoms with van der Waals surface area (Å²) in [6.45, 7) is 2.05. The van der Waals surface area contributed by atoms with E-state index in [1.165, 1.54) is 29.9 Å². The van der Waals surface area contributed by atoms with Crippen LogP contribution in [-0.2, 0) is 6.54 Å². The molecule has 1 aliphatic rings. The zero-order valence-electron chi connectivity index (χ0n) is 14.8. The predicted molar refractivity (Wildman–Crippen MR) is 95.8 cm³/mol. The van der Waals surface area contributed by atoms with Gasteiger partial charge in [0.05, 0.1) is 6.54 Å². The summed E-state index contributed by atoms with van der Waals surface area (Å²) in [4.78, 5) is 37.2. The number of hydrogen-bond acceptors (Lipinski definition) is 3. The monoisotopic (exact) mass is 356 g/mol. The Morgan fingerprint density at radius 3 is 2.62 bits per heavy atom. The molecule has 1 saturated carbocycles. The van der Waals surface area contributed by atoms with E-state index in [-0.39, 0.29) is 17.9 Å². The fourth-order valence-corrected chi connectivity index (χ4v) is 3.05. The van der Waals surface area contributed by atoms with Crippen molar-refractivity contribution < 1.29 is 14.0 Å². The van der Waals surface area contributed by atoms with Gasteiger partial charge in [0.15, 0.2) is 5.78 Å². The molecular weight excluding hydrogens is 335 g/mol. The van der Waals surface area contributed by atoms with Gasteiger partial charge in [-0.15, -0.1) is 0 Å². The van der Waals surface area contributed by atoms with Gasteiger partial charge in [-0.05, 0) is 30.4 Å². The summed E-state index contributed by atoms with van der Waals surface area (Å²) in [5.41, 5.74) is -0.0426. The summed E-state index contributed by atoms with van der Waals surface area (Å²) in [6.07, 6.45) is 2.84. The van der Waals surface area contributed by atoms with Crippen molar-refractivity contribution in [1.82, 2.24) is 9.88 Å². The second-order valence-electron chi connectivity index (χ2n) is 6.85. The Morgan fingerprint density at radius 2 is 2.00 bits per heavy atom. The minimum Gasteiger partial charge on any atom is -0.355 e. The Balaban J connectivity index is 2.00. The van der Waals surface area contributed by atoms with E-state index in [0.717, 1.165) is 6.42 Å². The van der Waals surface area contributed by atoms with Crippen molar-refractivity contribution in [2.45, 2.75) is 26.3 Å². The number of halogens is 1. The van der Waals surface area contributed by atoms with Crippen LogP contribution in [0.5, 0.6) is 0 Å². The minimum atomic E-state index is -0.563. The maximum atomic E-state index is 14.0. The van der Waals surface area contributed by atoms with Crippen molar-refractivity contribution in [2.75, 3.05) is 7.05 Å². The molecule has 1 aromatic carbocycles. The van der Waals surface area contributed by atoms with Crippen LogP contribution in [0, 0.1) is 17.7 Å². The molecule has 3 rings (SSSR count). The quantitative estimate of drug-likeness (QED) is 0.809. The van der Waals surface area contributed by atoms with Crippen LogP contribution in [0.1, 0.15) is 46.0 Å². The number of nitrogens with one attached hydrogen (secondary N) is 1. The lowest BCUT2D eigenvalue weighted by Gasteiger charge is -2.12. The van der Waals surface area contributed by atoms with Gasteiger partial charge in [0, 0.05) is 30.8 Å². The van der Waals surface area contributed by atoms with E-state index < -0.39 is 17.3 Å². The van der Waals surface area contributed by atoms with Crippen molar-refractivity contribution in [2.24, 2.45) is 11.8 Å². The van der Waals surface area contributed by atoms with E-state index in [4.69, 9.17) is 0 Å². The van der Waals surface area contributed by atoms with E-state index in [9.17, 15) is 18.8 Å². The predicted octanol–water partition coefficient (Wildman–Crippen LogP) is 2.62. The molecular formula is C20H21FN2O3. The highest BCUT2D eigenvalue weighted by atomic mass is 19.1. The molecule has 5 nitrogen and oxygen atoms in total. The van der Waals surface area contributed by atoms with Gasteiger partial charge in [0.1, 0.15) is 11.4 Å². The van der Waals surface area contributed by atoms with Crippen LogP contribution in [0.2, 0.25) is 0 Å². The standard InChI is InChI=1S/C20H21FN2O3/c1-12-7-14(12)9-18(24)15-8-16(19(25)22-2)20(26)23(11-15)10-13-5-3-4-6-17(13)21/h3-6,8,11-12,14H,7,9-10H2,1-2H3,(H,22,25)/t12-,14+/m0/s1. The molecule has 1 fully saturated rings. The summed E-state index contributed by atoms with van der Waals surface area (Å²) < 4.78 is 15.2. The Labute approximate surface area is 150 Å². The first-order chi connectivity index (χ1) is 12.4. The topological polar surface area (TPSA) is 68.2 Å². The van der Waals surface area contributed by atoms with Gasteiger partial charge in [-0.25, -0.2) is 4.39 Å². The molecule has 0 unspecified atom stereocenters. The molecule has 1 amide bonds. The first-order valence-electron chi connectivity index (χ1n) is 8.64. The molecule has 6 heteroatoms. The van der Waals surface area contributed by atoms with Gasteiger partial charge in [-0.1, -0.05) is 25.1 Å². The molecule has 1 aromatic heterocycles. The number of nitrogens with zero attached hydrogens (tertiary/aromatic N) is 1. The lowest BCUT2D eigenvalue weighted by atomic mass is 10.0. The van der Waals surface area contributed by atoms with Crippen LogP contribution >= 0.6 is 0 Å². The number of Topliss-reactive ketones (excluding diaryl/α,β-unsaturated/α-hetero) is 1. The van der Waals surface area contributed by atoms with Crippen molar-refractivity contribution >= 4 is 11.7 Å².